The van der Waals surface area contributed by atoms with Gasteiger partial charge in [0.25, 0.3) is 5.91 Å². The molecule has 2 heterocycles. The van der Waals surface area contributed by atoms with Crippen molar-refractivity contribution in [2.75, 3.05) is 39.3 Å². The summed E-state index contributed by atoms with van der Waals surface area (Å²) in [5.41, 5.74) is 0.292. The number of phenolic OH excluding ortho intramolecular Hbond substituents is 1. The molecule has 1 aromatic carbocycles. The lowest BCUT2D eigenvalue weighted by atomic mass is 10.1. The van der Waals surface area contributed by atoms with Crippen LogP contribution in [-0.4, -0.2) is 71.0 Å². The summed E-state index contributed by atoms with van der Waals surface area (Å²) in [7, 11) is 0. The maximum Gasteiger partial charge on any atom is 0.320 e. The van der Waals surface area contributed by atoms with Crippen molar-refractivity contribution in [2.45, 2.75) is 19.3 Å². The molecule has 3 amide bonds. The Labute approximate surface area is 150 Å². The molecule has 0 unspecified atom stereocenters. The highest BCUT2D eigenvalue weighted by Gasteiger charge is 2.29. The van der Waals surface area contributed by atoms with Crippen molar-refractivity contribution in [2.24, 2.45) is 0 Å². The molecule has 2 saturated heterocycles. The highest BCUT2D eigenvalue weighted by molar-refractivity contribution is 9.10. The Hall–Kier alpha value is -1.76. The molecule has 3 rings (SSSR count). The number of benzene rings is 1. The highest BCUT2D eigenvalue weighted by Crippen LogP contribution is 2.24. The van der Waals surface area contributed by atoms with E-state index < -0.39 is 0 Å². The van der Waals surface area contributed by atoms with Crippen LogP contribution in [0.5, 0.6) is 5.75 Å². The van der Waals surface area contributed by atoms with Gasteiger partial charge in [0.15, 0.2) is 0 Å². The molecule has 0 radical (unpaired) electrons. The molecule has 2 aliphatic heterocycles. The van der Waals surface area contributed by atoms with Crippen molar-refractivity contribution in [3.63, 3.8) is 0 Å². The molecule has 0 atom stereocenters. The minimum absolute atomic E-state index is 0.0185. The van der Waals surface area contributed by atoms with Gasteiger partial charge in [0.1, 0.15) is 5.75 Å². The molecule has 0 bridgehead atoms. The number of urea groups is 1. The molecule has 7 heteroatoms. The smallest absolute Gasteiger partial charge is 0.320 e. The zero-order valence-electron chi connectivity index (χ0n) is 13.6. The van der Waals surface area contributed by atoms with Gasteiger partial charge in [-0.1, -0.05) is 15.9 Å². The first-order chi connectivity index (χ1) is 11.6. The maximum absolute atomic E-state index is 12.6. The van der Waals surface area contributed by atoms with Crippen molar-refractivity contribution in [3.8, 4) is 5.75 Å². The van der Waals surface area contributed by atoms with Crippen molar-refractivity contribution in [1.29, 1.82) is 0 Å². The lowest BCUT2D eigenvalue weighted by Gasteiger charge is -2.38. The van der Waals surface area contributed by atoms with Crippen LogP contribution in [-0.2, 0) is 0 Å². The standard InChI is InChI=1S/C17H22BrN3O3/c18-13-4-5-15(22)14(12-13)16(23)19-8-10-21(11-9-19)17(24)20-6-2-1-3-7-20/h4-5,12,22H,1-3,6-11H2. The molecule has 0 saturated carbocycles. The van der Waals surface area contributed by atoms with E-state index in [-0.39, 0.29) is 17.7 Å². The SMILES string of the molecule is O=C(c1cc(Br)ccc1O)N1CCN(C(=O)N2CCCCC2)CC1. The van der Waals surface area contributed by atoms with Crippen molar-refractivity contribution >= 4 is 27.9 Å². The molecule has 0 aliphatic carbocycles. The molecule has 24 heavy (non-hydrogen) atoms. The molecule has 1 N–H and O–H groups in total. The van der Waals surface area contributed by atoms with Crippen molar-refractivity contribution < 1.29 is 14.7 Å². The van der Waals surface area contributed by atoms with Crippen LogP contribution in [0, 0.1) is 0 Å². The van der Waals surface area contributed by atoms with E-state index in [1.54, 1.807) is 17.0 Å². The van der Waals surface area contributed by atoms with Crippen LogP contribution in [0.2, 0.25) is 0 Å². The summed E-state index contributed by atoms with van der Waals surface area (Å²) in [5.74, 6) is -0.214. The fourth-order valence-electron chi connectivity index (χ4n) is 3.24. The number of hydrogen-bond donors (Lipinski definition) is 1. The van der Waals surface area contributed by atoms with Crippen LogP contribution in [0.1, 0.15) is 29.6 Å². The van der Waals surface area contributed by atoms with Crippen LogP contribution >= 0.6 is 15.9 Å². The number of halogens is 1. The molecule has 130 valence electrons. The van der Waals surface area contributed by atoms with E-state index >= 15 is 0 Å². The zero-order chi connectivity index (χ0) is 17.1. The number of carbonyl (C=O) groups excluding carboxylic acids is 2. The van der Waals surface area contributed by atoms with Gasteiger partial charge in [-0.2, -0.15) is 0 Å². The van der Waals surface area contributed by atoms with E-state index in [1.165, 1.54) is 12.5 Å². The topological polar surface area (TPSA) is 64.1 Å². The summed E-state index contributed by atoms with van der Waals surface area (Å²) in [5, 5.41) is 9.91. The third-order valence-electron chi connectivity index (χ3n) is 4.65. The number of rotatable bonds is 1. The van der Waals surface area contributed by atoms with Crippen LogP contribution < -0.4 is 0 Å². The van der Waals surface area contributed by atoms with Gasteiger partial charge in [-0.15, -0.1) is 0 Å². The third kappa shape index (κ3) is 3.66. The Morgan fingerprint density at radius 2 is 1.46 bits per heavy atom. The lowest BCUT2D eigenvalue weighted by Crippen LogP contribution is -2.54. The molecule has 0 aromatic heterocycles. The highest BCUT2D eigenvalue weighted by atomic mass is 79.9. The van der Waals surface area contributed by atoms with Gasteiger partial charge in [-0.05, 0) is 37.5 Å². The summed E-state index contributed by atoms with van der Waals surface area (Å²) < 4.78 is 0.752. The second-order valence-electron chi connectivity index (χ2n) is 6.27. The summed E-state index contributed by atoms with van der Waals surface area (Å²) in [6.07, 6.45) is 3.35. The number of piperazine rings is 1. The number of hydrogen-bond acceptors (Lipinski definition) is 3. The fourth-order valence-corrected chi connectivity index (χ4v) is 3.60. The number of likely N-dealkylation sites (tertiary alicyclic amines) is 1. The second-order valence-corrected chi connectivity index (χ2v) is 7.19. The zero-order valence-corrected chi connectivity index (χ0v) is 15.2. The Bertz CT molecular complexity index is 624. The summed E-state index contributed by atoms with van der Waals surface area (Å²) in [6, 6.07) is 4.92. The predicted octanol–water partition coefficient (Wildman–Crippen LogP) is 2.52. The van der Waals surface area contributed by atoms with Gasteiger partial charge in [0.05, 0.1) is 5.56 Å². The summed E-state index contributed by atoms with van der Waals surface area (Å²) in [6.45, 7) is 3.73. The minimum Gasteiger partial charge on any atom is -0.507 e. The Balaban J connectivity index is 1.59. The largest absolute Gasteiger partial charge is 0.507 e. The number of phenols is 1. The average molecular weight is 396 g/mol. The minimum atomic E-state index is -0.195. The third-order valence-corrected chi connectivity index (χ3v) is 5.15. The Kier molecular flexibility index (Phi) is 5.28. The van der Waals surface area contributed by atoms with E-state index in [2.05, 4.69) is 15.9 Å². The Morgan fingerprint density at radius 3 is 2.12 bits per heavy atom. The first-order valence-electron chi connectivity index (χ1n) is 8.38. The van der Waals surface area contributed by atoms with E-state index in [0.717, 1.165) is 30.4 Å². The first kappa shape index (κ1) is 17.1. The van der Waals surface area contributed by atoms with E-state index in [0.29, 0.717) is 31.7 Å². The molecular formula is C17H22BrN3O3. The number of carbonyl (C=O) groups is 2. The van der Waals surface area contributed by atoms with Crippen molar-refractivity contribution in [1.82, 2.24) is 14.7 Å². The van der Waals surface area contributed by atoms with Crippen molar-refractivity contribution in [3.05, 3.63) is 28.2 Å². The van der Waals surface area contributed by atoms with Crippen LogP contribution in [0.3, 0.4) is 0 Å². The molecule has 1 aromatic rings. The molecule has 6 nitrogen and oxygen atoms in total. The monoisotopic (exact) mass is 395 g/mol. The number of piperidine rings is 1. The van der Waals surface area contributed by atoms with Gasteiger partial charge in [-0.3, -0.25) is 4.79 Å². The quantitative estimate of drug-likeness (QED) is 0.794. The van der Waals surface area contributed by atoms with Crippen LogP contribution in [0.4, 0.5) is 4.79 Å². The number of amides is 3. The number of aromatic hydroxyl groups is 1. The van der Waals surface area contributed by atoms with E-state index in [4.69, 9.17) is 0 Å². The molecular weight excluding hydrogens is 374 g/mol. The van der Waals surface area contributed by atoms with Gasteiger partial charge in [-0.25, -0.2) is 4.79 Å². The van der Waals surface area contributed by atoms with Gasteiger partial charge in [0, 0.05) is 43.7 Å². The van der Waals surface area contributed by atoms with Crippen LogP contribution in [0.15, 0.2) is 22.7 Å². The predicted molar refractivity (Wildman–Crippen MR) is 94.1 cm³/mol. The van der Waals surface area contributed by atoms with Gasteiger partial charge in [0.2, 0.25) is 0 Å². The van der Waals surface area contributed by atoms with E-state index in [9.17, 15) is 14.7 Å². The molecule has 2 fully saturated rings. The van der Waals surface area contributed by atoms with Gasteiger partial charge < -0.3 is 19.8 Å². The number of nitrogens with zero attached hydrogens (tertiary/aromatic N) is 3. The van der Waals surface area contributed by atoms with E-state index in [1.807, 2.05) is 9.80 Å². The lowest BCUT2D eigenvalue weighted by molar-refractivity contribution is 0.0630. The Morgan fingerprint density at radius 1 is 0.875 bits per heavy atom. The first-order valence-corrected chi connectivity index (χ1v) is 9.17. The summed E-state index contributed by atoms with van der Waals surface area (Å²) >= 11 is 3.32. The normalized spacial score (nSPS) is 18.6. The average Bonchev–Trinajstić information content (AvgIpc) is 2.63. The molecule has 0 spiro atoms. The van der Waals surface area contributed by atoms with Gasteiger partial charge >= 0.3 is 6.03 Å². The fraction of sp³-hybridized carbons (Fsp3) is 0.529. The maximum atomic E-state index is 12.6. The second kappa shape index (κ2) is 7.42. The summed E-state index contributed by atoms with van der Waals surface area (Å²) in [4.78, 5) is 30.5. The molecule has 2 aliphatic rings. The van der Waals surface area contributed by atoms with Crippen LogP contribution in [0.25, 0.3) is 0 Å².